The van der Waals surface area contributed by atoms with Crippen molar-refractivity contribution >= 4 is 22.8 Å². The van der Waals surface area contributed by atoms with Crippen molar-refractivity contribution in [2.45, 2.75) is 26.3 Å². The Bertz CT molecular complexity index is 1320. The summed E-state index contributed by atoms with van der Waals surface area (Å²) in [5.74, 6) is 0.968. The normalized spacial score (nSPS) is 17.5. The summed E-state index contributed by atoms with van der Waals surface area (Å²) in [6, 6.07) is 10.9. The number of phenolic OH excluding ortho intramolecular Hbond substituents is 1. The average Bonchev–Trinajstić information content (AvgIpc) is 3.36. The molecule has 37 heavy (non-hydrogen) atoms. The number of ether oxygens (including phenoxy) is 2. The average molecular weight is 506 g/mol. The van der Waals surface area contributed by atoms with E-state index in [1.807, 2.05) is 12.1 Å². The maximum atomic E-state index is 13.0. The molecule has 8 nitrogen and oxygen atoms in total. The molecule has 0 spiro atoms. The van der Waals surface area contributed by atoms with Crippen LogP contribution in [-0.4, -0.2) is 83.3 Å². The van der Waals surface area contributed by atoms with Gasteiger partial charge >= 0.3 is 0 Å². The maximum absolute atomic E-state index is 13.0. The van der Waals surface area contributed by atoms with Gasteiger partial charge in [-0.05, 0) is 62.7 Å². The number of rotatable bonds is 9. The van der Waals surface area contributed by atoms with Crippen molar-refractivity contribution in [1.29, 1.82) is 0 Å². The van der Waals surface area contributed by atoms with Gasteiger partial charge in [0.1, 0.15) is 22.8 Å². The zero-order chi connectivity index (χ0) is 25.9. The number of allylic oxidation sites excluding steroid dienone is 1. The van der Waals surface area contributed by atoms with Crippen molar-refractivity contribution in [2.75, 3.05) is 53.0 Å². The minimum atomic E-state index is -0.310. The van der Waals surface area contributed by atoms with Gasteiger partial charge in [-0.25, -0.2) is 0 Å². The largest absolute Gasteiger partial charge is 0.507 e. The van der Waals surface area contributed by atoms with E-state index in [2.05, 4.69) is 27.4 Å². The summed E-state index contributed by atoms with van der Waals surface area (Å²) in [5, 5.41) is 20.3. The predicted octanol–water partition coefficient (Wildman–Crippen LogP) is 3.67. The number of piperazine rings is 1. The van der Waals surface area contributed by atoms with Gasteiger partial charge in [-0.3, -0.25) is 9.69 Å². The number of fused-ring (bicyclic) bond motifs is 2. The Morgan fingerprint density at radius 1 is 1.03 bits per heavy atom. The number of carbonyl (C=O) groups excluding carboxylic acids is 1. The lowest BCUT2D eigenvalue weighted by atomic mass is 10.1. The number of Topliss-reactive ketones (excluding diaryl/α,β-unsaturated/α-hetero) is 1. The lowest BCUT2D eigenvalue weighted by molar-refractivity contribution is 0.101. The monoisotopic (exact) mass is 505 g/mol. The molecule has 2 aliphatic rings. The number of aromatic nitrogens is 1. The number of aryl methyl sites for hydroxylation is 1. The smallest absolute Gasteiger partial charge is 0.235 e. The van der Waals surface area contributed by atoms with Gasteiger partial charge < -0.3 is 29.2 Å². The van der Waals surface area contributed by atoms with Crippen LogP contribution in [-0.2, 0) is 6.54 Å². The van der Waals surface area contributed by atoms with E-state index in [1.54, 1.807) is 25.3 Å². The third-order valence-corrected chi connectivity index (χ3v) is 7.52. The van der Waals surface area contributed by atoms with E-state index in [4.69, 9.17) is 14.6 Å². The maximum Gasteiger partial charge on any atom is 0.235 e. The molecule has 0 atom stereocenters. The molecule has 8 heteroatoms. The van der Waals surface area contributed by atoms with E-state index in [1.165, 1.54) is 6.07 Å². The van der Waals surface area contributed by atoms with Gasteiger partial charge in [-0.2, -0.15) is 0 Å². The number of benzene rings is 2. The molecule has 2 aliphatic heterocycles. The van der Waals surface area contributed by atoms with E-state index in [0.717, 1.165) is 86.6 Å². The van der Waals surface area contributed by atoms with E-state index in [9.17, 15) is 9.90 Å². The van der Waals surface area contributed by atoms with Gasteiger partial charge in [0.25, 0.3) is 0 Å². The van der Waals surface area contributed by atoms with Crippen LogP contribution in [0.1, 0.15) is 34.5 Å². The highest BCUT2D eigenvalue weighted by molar-refractivity contribution is 6.16. The number of β-amino-alcohol motifs (C(OH)–C–C–N with tert-alkyl or cyclic N) is 1. The molecule has 0 radical (unpaired) electrons. The number of unbranched alkanes of at least 4 members (excludes halogenated alkanes) is 1. The summed E-state index contributed by atoms with van der Waals surface area (Å²) in [5.41, 5.74) is 3.29. The number of methoxy groups -OCH3 is 1. The quantitative estimate of drug-likeness (QED) is 0.339. The highest BCUT2D eigenvalue weighted by atomic mass is 16.5. The van der Waals surface area contributed by atoms with Crippen LogP contribution in [0.3, 0.4) is 0 Å². The second kappa shape index (κ2) is 11.0. The molecule has 2 aromatic carbocycles. The Morgan fingerprint density at radius 3 is 2.46 bits per heavy atom. The first-order valence-electron chi connectivity index (χ1n) is 13.0. The second-order valence-electron chi connectivity index (χ2n) is 9.74. The molecular formula is C29H35N3O5. The minimum Gasteiger partial charge on any atom is -0.507 e. The minimum absolute atomic E-state index is 0.0680. The van der Waals surface area contributed by atoms with Crippen LogP contribution >= 0.6 is 0 Å². The van der Waals surface area contributed by atoms with Crippen LogP contribution in [0.2, 0.25) is 0 Å². The van der Waals surface area contributed by atoms with Crippen LogP contribution in [0.15, 0.2) is 42.2 Å². The van der Waals surface area contributed by atoms with E-state index in [-0.39, 0.29) is 29.5 Å². The van der Waals surface area contributed by atoms with Crippen LogP contribution in [0.5, 0.6) is 17.2 Å². The summed E-state index contributed by atoms with van der Waals surface area (Å²) in [4.78, 5) is 17.8. The fourth-order valence-electron chi connectivity index (χ4n) is 5.41. The number of aliphatic hydroxyl groups excluding tert-OH is 1. The van der Waals surface area contributed by atoms with Crippen molar-refractivity contribution in [3.8, 4) is 17.2 Å². The van der Waals surface area contributed by atoms with E-state index < -0.39 is 0 Å². The molecule has 1 saturated heterocycles. The summed E-state index contributed by atoms with van der Waals surface area (Å²) >= 11 is 0. The first-order valence-corrected chi connectivity index (χ1v) is 13.0. The predicted molar refractivity (Wildman–Crippen MR) is 143 cm³/mol. The van der Waals surface area contributed by atoms with Crippen molar-refractivity contribution in [1.82, 2.24) is 14.4 Å². The molecule has 0 unspecified atom stereocenters. The highest BCUT2D eigenvalue weighted by Gasteiger charge is 2.31. The molecule has 0 amide bonds. The number of nitrogens with zero attached hydrogens (tertiary/aromatic N) is 3. The Labute approximate surface area is 217 Å². The molecule has 196 valence electrons. The van der Waals surface area contributed by atoms with Gasteiger partial charge in [0.2, 0.25) is 5.78 Å². The lowest BCUT2D eigenvalue weighted by Crippen LogP contribution is -2.47. The number of carbonyl (C=O) groups is 1. The van der Waals surface area contributed by atoms with Gasteiger partial charge in [0.05, 0.1) is 13.7 Å². The van der Waals surface area contributed by atoms with Crippen molar-refractivity contribution in [3.63, 3.8) is 0 Å². The highest BCUT2D eigenvalue weighted by Crippen LogP contribution is 2.39. The molecular weight excluding hydrogens is 470 g/mol. The lowest BCUT2D eigenvalue weighted by Gasteiger charge is -2.34. The summed E-state index contributed by atoms with van der Waals surface area (Å²) in [7, 11) is 1.65. The zero-order valence-electron chi connectivity index (χ0n) is 21.6. The Hall–Kier alpha value is -3.33. The molecule has 5 rings (SSSR count). The van der Waals surface area contributed by atoms with Crippen LogP contribution in [0.4, 0.5) is 0 Å². The molecule has 1 aromatic heterocycles. The molecule has 3 aromatic rings. The Balaban J connectivity index is 1.34. The third kappa shape index (κ3) is 5.09. The Kier molecular flexibility index (Phi) is 7.50. The second-order valence-corrected chi connectivity index (χ2v) is 9.74. The molecule has 1 fully saturated rings. The van der Waals surface area contributed by atoms with E-state index in [0.29, 0.717) is 5.75 Å². The van der Waals surface area contributed by atoms with Crippen LogP contribution in [0.25, 0.3) is 17.0 Å². The topological polar surface area (TPSA) is 87.4 Å². The fourth-order valence-corrected chi connectivity index (χ4v) is 5.41. The number of aliphatic hydroxyl groups is 1. The summed E-state index contributed by atoms with van der Waals surface area (Å²) < 4.78 is 13.6. The zero-order valence-corrected chi connectivity index (χ0v) is 21.6. The molecule has 2 N–H and O–H groups in total. The third-order valence-electron chi connectivity index (χ3n) is 7.52. The fraction of sp³-hybridized carbons (Fsp3) is 0.414. The van der Waals surface area contributed by atoms with Crippen molar-refractivity contribution in [3.05, 3.63) is 59.0 Å². The van der Waals surface area contributed by atoms with Crippen molar-refractivity contribution in [2.24, 2.45) is 0 Å². The number of ketones is 1. The number of hydrogen-bond donors (Lipinski definition) is 2. The first kappa shape index (κ1) is 25.3. The van der Waals surface area contributed by atoms with Gasteiger partial charge in [0, 0.05) is 61.4 Å². The molecule has 0 bridgehead atoms. The van der Waals surface area contributed by atoms with Gasteiger partial charge in [-0.1, -0.05) is 6.07 Å². The van der Waals surface area contributed by atoms with Crippen LogP contribution < -0.4 is 9.47 Å². The number of phenols is 1. The number of hydrogen-bond acceptors (Lipinski definition) is 7. The first-order chi connectivity index (χ1) is 18.0. The SMILES string of the molecule is COc1ccc2c(c1)c(/C=C1\Oc3cccc(O)c3C1=O)c(C)n2CCCCN1CCN(CCO)CC1. The summed E-state index contributed by atoms with van der Waals surface area (Å²) in [6.07, 6.45) is 3.93. The standard InChI is InChI=1S/C29H35N3O5/c1-20-22(19-27-29(35)28-25(34)6-5-7-26(28)37-27)23-18-21(36-2)8-9-24(23)32(20)11-4-3-10-30-12-14-31(15-13-30)16-17-33/h5-9,18-19,33-34H,3-4,10-17H2,1-2H3/b27-19-. The van der Waals surface area contributed by atoms with Crippen molar-refractivity contribution < 1.29 is 24.5 Å². The molecule has 0 saturated carbocycles. The van der Waals surface area contributed by atoms with Gasteiger partial charge in [0.15, 0.2) is 5.76 Å². The summed E-state index contributed by atoms with van der Waals surface area (Å²) in [6.45, 7) is 9.14. The molecule has 0 aliphatic carbocycles. The molecule has 3 heterocycles. The number of aromatic hydroxyl groups is 1. The van der Waals surface area contributed by atoms with E-state index >= 15 is 0 Å². The van der Waals surface area contributed by atoms with Gasteiger partial charge in [-0.15, -0.1) is 0 Å². The van der Waals surface area contributed by atoms with Crippen LogP contribution in [0, 0.1) is 6.92 Å². The Morgan fingerprint density at radius 2 is 1.76 bits per heavy atom.